The molecule has 0 unspecified atom stereocenters. The van der Waals surface area contributed by atoms with Crippen molar-refractivity contribution < 1.29 is 26.3 Å². The Labute approximate surface area is 154 Å². The highest BCUT2D eigenvalue weighted by molar-refractivity contribution is 8.00. The van der Waals surface area contributed by atoms with Gasteiger partial charge in [0.25, 0.3) is 0 Å². The molecule has 5 nitrogen and oxygen atoms in total. The molecule has 0 radical (unpaired) electrons. The highest BCUT2D eigenvalue weighted by Crippen LogP contribution is 2.37. The molecule has 0 N–H and O–H groups in total. The number of ether oxygens (including phenoxy) is 1. The summed E-state index contributed by atoms with van der Waals surface area (Å²) in [5.41, 5.74) is -3.73. The van der Waals surface area contributed by atoms with Crippen molar-refractivity contribution in [1.29, 1.82) is 0 Å². The zero-order valence-electron chi connectivity index (χ0n) is 13.8. The summed E-state index contributed by atoms with van der Waals surface area (Å²) < 4.78 is 69.1. The van der Waals surface area contributed by atoms with E-state index >= 15 is 0 Å². The number of benzene rings is 1. The Balaban J connectivity index is 2.24. The van der Waals surface area contributed by atoms with Crippen LogP contribution in [0.25, 0.3) is 0 Å². The second-order valence-electron chi connectivity index (χ2n) is 5.21. The number of hydrogen-bond acceptors (Lipinski definition) is 5. The van der Waals surface area contributed by atoms with E-state index in [-0.39, 0.29) is 41.2 Å². The number of sulfonamides is 1. The minimum absolute atomic E-state index is 0.0767. The SMILES string of the molecule is COCCN(Cc1cccnc1)S(=O)(=O)c1ccc(SC(F)(F)F)cc1. The van der Waals surface area contributed by atoms with Gasteiger partial charge in [-0.1, -0.05) is 6.07 Å². The third kappa shape index (κ3) is 5.97. The number of halogens is 3. The fourth-order valence-electron chi connectivity index (χ4n) is 2.13. The van der Waals surface area contributed by atoms with Crippen molar-refractivity contribution in [3.63, 3.8) is 0 Å². The summed E-state index contributed by atoms with van der Waals surface area (Å²) in [6.45, 7) is 0.368. The minimum atomic E-state index is -4.43. The maximum atomic E-state index is 12.9. The van der Waals surface area contributed by atoms with Gasteiger partial charge < -0.3 is 4.74 Å². The van der Waals surface area contributed by atoms with Crippen molar-refractivity contribution in [3.8, 4) is 0 Å². The molecule has 1 aromatic carbocycles. The summed E-state index contributed by atoms with van der Waals surface area (Å²) >= 11 is -0.292. The first kappa shape index (κ1) is 20.7. The Bertz CT molecular complexity index is 798. The molecule has 0 aliphatic heterocycles. The Morgan fingerprint density at radius 1 is 1.19 bits per heavy atom. The largest absolute Gasteiger partial charge is 0.446 e. The molecule has 2 rings (SSSR count). The van der Waals surface area contributed by atoms with Crippen molar-refractivity contribution in [1.82, 2.24) is 9.29 Å². The normalized spacial score (nSPS) is 12.5. The highest BCUT2D eigenvalue weighted by atomic mass is 32.2. The van der Waals surface area contributed by atoms with Crippen molar-refractivity contribution >= 4 is 21.8 Å². The quantitative estimate of drug-likeness (QED) is 0.628. The number of nitrogens with zero attached hydrogens (tertiary/aromatic N) is 2. The molecular weight excluding hydrogens is 389 g/mol. The van der Waals surface area contributed by atoms with Gasteiger partial charge in [0, 0.05) is 37.5 Å². The van der Waals surface area contributed by atoms with Crippen LogP contribution in [-0.4, -0.2) is 43.5 Å². The Morgan fingerprint density at radius 3 is 2.42 bits per heavy atom. The lowest BCUT2D eigenvalue weighted by Crippen LogP contribution is -2.33. The molecule has 0 amide bonds. The molecule has 1 heterocycles. The van der Waals surface area contributed by atoms with E-state index in [0.717, 1.165) is 12.1 Å². The van der Waals surface area contributed by atoms with Gasteiger partial charge in [-0.25, -0.2) is 8.42 Å². The van der Waals surface area contributed by atoms with Gasteiger partial charge in [-0.05, 0) is 47.7 Å². The van der Waals surface area contributed by atoms with E-state index in [1.807, 2.05) is 0 Å². The van der Waals surface area contributed by atoms with Gasteiger partial charge in [-0.3, -0.25) is 4.98 Å². The average molecular weight is 406 g/mol. The molecule has 142 valence electrons. The lowest BCUT2D eigenvalue weighted by atomic mass is 10.3. The molecular formula is C16H17F3N2O3S2. The number of thioether (sulfide) groups is 1. The predicted molar refractivity (Wildman–Crippen MR) is 92.1 cm³/mol. The molecule has 0 saturated heterocycles. The average Bonchev–Trinajstić information content (AvgIpc) is 2.58. The first-order valence-electron chi connectivity index (χ1n) is 7.46. The van der Waals surface area contributed by atoms with Crippen molar-refractivity contribution in [2.75, 3.05) is 20.3 Å². The van der Waals surface area contributed by atoms with Crippen LogP contribution in [0.5, 0.6) is 0 Å². The standard InChI is InChI=1S/C16H17F3N2O3S2/c1-24-10-9-21(12-13-3-2-8-20-11-13)26(22,23)15-6-4-14(5-7-15)25-16(17,18)19/h2-8,11H,9-10,12H2,1H3. The van der Waals surface area contributed by atoms with Gasteiger partial charge >= 0.3 is 5.51 Å². The monoisotopic (exact) mass is 406 g/mol. The van der Waals surface area contributed by atoms with E-state index in [4.69, 9.17) is 4.74 Å². The molecule has 1 aromatic heterocycles. The third-order valence-electron chi connectivity index (χ3n) is 3.32. The van der Waals surface area contributed by atoms with Crippen LogP contribution in [0, 0.1) is 0 Å². The molecule has 10 heteroatoms. The molecule has 0 spiro atoms. The first-order chi connectivity index (χ1) is 12.2. The summed E-state index contributed by atoms with van der Waals surface area (Å²) in [5.74, 6) is 0. The van der Waals surface area contributed by atoms with E-state index < -0.39 is 15.5 Å². The van der Waals surface area contributed by atoms with Gasteiger partial charge in [0.05, 0.1) is 11.5 Å². The van der Waals surface area contributed by atoms with Crippen LogP contribution in [0.2, 0.25) is 0 Å². The van der Waals surface area contributed by atoms with Crippen LogP contribution in [0.3, 0.4) is 0 Å². The van der Waals surface area contributed by atoms with Gasteiger partial charge in [0.1, 0.15) is 0 Å². The second kappa shape index (κ2) is 8.85. The topological polar surface area (TPSA) is 59.5 Å². The highest BCUT2D eigenvalue weighted by Gasteiger charge is 2.30. The lowest BCUT2D eigenvalue weighted by Gasteiger charge is -2.22. The number of rotatable bonds is 8. The maximum absolute atomic E-state index is 12.9. The van der Waals surface area contributed by atoms with Gasteiger partial charge in [-0.2, -0.15) is 17.5 Å². The first-order valence-corrected chi connectivity index (χ1v) is 9.72. The van der Waals surface area contributed by atoms with E-state index in [0.29, 0.717) is 5.56 Å². The Hall–Kier alpha value is -1.62. The van der Waals surface area contributed by atoms with Crippen molar-refractivity contribution in [3.05, 3.63) is 54.4 Å². The van der Waals surface area contributed by atoms with Crippen LogP contribution in [0.1, 0.15) is 5.56 Å². The smallest absolute Gasteiger partial charge is 0.383 e. The summed E-state index contributed by atoms with van der Waals surface area (Å²) in [7, 11) is -2.44. The molecule has 0 atom stereocenters. The number of pyridine rings is 1. The number of hydrogen-bond donors (Lipinski definition) is 0. The molecule has 0 bridgehead atoms. The van der Waals surface area contributed by atoms with Crippen molar-refractivity contribution in [2.45, 2.75) is 21.8 Å². The number of alkyl halides is 3. The van der Waals surface area contributed by atoms with E-state index in [2.05, 4.69) is 4.98 Å². The fraction of sp³-hybridized carbons (Fsp3) is 0.312. The fourth-order valence-corrected chi connectivity index (χ4v) is 4.09. The molecule has 0 aliphatic carbocycles. The summed E-state index contributed by atoms with van der Waals surface area (Å²) in [6, 6.07) is 8.07. The van der Waals surface area contributed by atoms with Crippen LogP contribution in [-0.2, 0) is 21.3 Å². The molecule has 2 aromatic rings. The Morgan fingerprint density at radius 2 is 1.88 bits per heavy atom. The minimum Gasteiger partial charge on any atom is -0.383 e. The molecule has 0 aliphatic rings. The third-order valence-corrected chi connectivity index (χ3v) is 5.92. The molecule has 0 fully saturated rings. The predicted octanol–water partition coefficient (Wildman–Crippen LogP) is 3.53. The van der Waals surface area contributed by atoms with Crippen LogP contribution in [0.4, 0.5) is 13.2 Å². The van der Waals surface area contributed by atoms with E-state index in [1.54, 1.807) is 24.5 Å². The van der Waals surface area contributed by atoms with Crippen LogP contribution in [0.15, 0.2) is 58.6 Å². The number of aromatic nitrogens is 1. The van der Waals surface area contributed by atoms with Gasteiger partial charge in [-0.15, -0.1) is 0 Å². The summed E-state index contributed by atoms with van der Waals surface area (Å²) in [5, 5.41) is 0. The lowest BCUT2D eigenvalue weighted by molar-refractivity contribution is -0.0328. The number of methoxy groups -OCH3 is 1. The Kier molecular flexibility index (Phi) is 7.04. The zero-order valence-corrected chi connectivity index (χ0v) is 15.4. The molecule has 26 heavy (non-hydrogen) atoms. The van der Waals surface area contributed by atoms with Gasteiger partial charge in [0.15, 0.2) is 0 Å². The summed E-state index contributed by atoms with van der Waals surface area (Å²) in [6.07, 6.45) is 3.13. The molecule has 0 saturated carbocycles. The van der Waals surface area contributed by atoms with E-state index in [1.165, 1.54) is 23.5 Å². The second-order valence-corrected chi connectivity index (χ2v) is 8.29. The van der Waals surface area contributed by atoms with E-state index in [9.17, 15) is 21.6 Å². The summed E-state index contributed by atoms with van der Waals surface area (Å²) in [4.78, 5) is 3.80. The van der Waals surface area contributed by atoms with Gasteiger partial charge in [0.2, 0.25) is 10.0 Å². The zero-order chi connectivity index (χ0) is 19.2. The van der Waals surface area contributed by atoms with Crippen molar-refractivity contribution in [2.24, 2.45) is 0 Å². The van der Waals surface area contributed by atoms with Crippen LogP contribution < -0.4 is 0 Å². The maximum Gasteiger partial charge on any atom is 0.446 e. The van der Waals surface area contributed by atoms with Crippen LogP contribution >= 0.6 is 11.8 Å².